The first-order chi connectivity index (χ1) is 12.5. The number of piperazine rings is 1. The Kier molecular flexibility index (Phi) is 4.56. The van der Waals surface area contributed by atoms with E-state index >= 15 is 0 Å². The van der Waals surface area contributed by atoms with E-state index in [1.807, 2.05) is 17.0 Å². The van der Waals surface area contributed by atoms with E-state index in [-0.39, 0.29) is 16.9 Å². The Balaban J connectivity index is 1.39. The number of anilines is 2. The predicted octanol–water partition coefficient (Wildman–Crippen LogP) is 1.68. The third-order valence-electron chi connectivity index (χ3n) is 4.81. The van der Waals surface area contributed by atoms with Crippen molar-refractivity contribution in [2.24, 2.45) is 0 Å². The van der Waals surface area contributed by atoms with Crippen molar-refractivity contribution in [3.05, 3.63) is 54.3 Å². The number of sulfonamides is 1. The van der Waals surface area contributed by atoms with Crippen molar-refractivity contribution >= 4 is 21.4 Å². The quantitative estimate of drug-likeness (QED) is 0.853. The lowest BCUT2D eigenvalue weighted by Gasteiger charge is -2.38. The normalized spacial score (nSPS) is 22.5. The lowest BCUT2D eigenvalue weighted by atomic mass is 10.2. The number of hydrogen-bond acceptors (Lipinski definition) is 5. The molecule has 138 valence electrons. The summed E-state index contributed by atoms with van der Waals surface area (Å²) in [5.74, 6) is -0.209. The molecule has 1 saturated heterocycles. The summed E-state index contributed by atoms with van der Waals surface area (Å²) in [5.41, 5.74) is 1.25. The summed E-state index contributed by atoms with van der Waals surface area (Å²) in [4.78, 5) is 4.49. The molecule has 2 N–H and O–H groups in total. The van der Waals surface area contributed by atoms with Crippen LogP contribution in [-0.4, -0.2) is 52.2 Å². The summed E-state index contributed by atoms with van der Waals surface area (Å²) >= 11 is 0. The topological polar surface area (TPSA) is 64.7 Å². The molecule has 0 spiro atoms. The van der Waals surface area contributed by atoms with Gasteiger partial charge in [-0.2, -0.15) is 4.72 Å². The minimum Gasteiger partial charge on any atom is -0.367 e. The second-order valence-corrected chi connectivity index (χ2v) is 8.24. The number of halogens is 1. The molecule has 8 heteroatoms. The van der Waals surface area contributed by atoms with Gasteiger partial charge in [-0.15, -0.1) is 0 Å². The van der Waals surface area contributed by atoms with Crippen LogP contribution in [0.2, 0.25) is 0 Å². The molecule has 1 fully saturated rings. The average Bonchev–Trinajstić information content (AvgIpc) is 2.62. The second-order valence-electron chi connectivity index (χ2n) is 6.55. The SMILES string of the molecule is O=S1(=O)NC(CN2CCN(c3ccccc3F)CC2)Nc2ccccc21. The highest BCUT2D eigenvalue weighted by atomic mass is 32.2. The second kappa shape index (κ2) is 6.86. The highest BCUT2D eigenvalue weighted by molar-refractivity contribution is 7.89. The molecule has 1 unspecified atom stereocenters. The molecule has 6 nitrogen and oxygen atoms in total. The molecular weight excluding hydrogens is 355 g/mol. The zero-order chi connectivity index (χ0) is 18.1. The van der Waals surface area contributed by atoms with Crippen LogP contribution in [0.3, 0.4) is 0 Å². The van der Waals surface area contributed by atoms with Gasteiger partial charge in [0.15, 0.2) is 0 Å². The molecule has 2 heterocycles. The van der Waals surface area contributed by atoms with Gasteiger partial charge >= 0.3 is 0 Å². The molecule has 0 amide bonds. The van der Waals surface area contributed by atoms with Crippen LogP contribution in [0.15, 0.2) is 53.4 Å². The van der Waals surface area contributed by atoms with Crippen LogP contribution in [0.25, 0.3) is 0 Å². The van der Waals surface area contributed by atoms with Gasteiger partial charge in [0, 0.05) is 32.7 Å². The number of fused-ring (bicyclic) bond motifs is 1. The minimum atomic E-state index is -3.50. The summed E-state index contributed by atoms with van der Waals surface area (Å²) in [7, 11) is -3.50. The maximum absolute atomic E-state index is 13.9. The Morgan fingerprint density at radius 1 is 1.00 bits per heavy atom. The fraction of sp³-hybridized carbons (Fsp3) is 0.333. The molecule has 0 bridgehead atoms. The molecule has 0 aromatic heterocycles. The molecule has 0 saturated carbocycles. The van der Waals surface area contributed by atoms with Gasteiger partial charge in [-0.05, 0) is 24.3 Å². The Hall–Kier alpha value is -2.16. The standard InChI is InChI=1S/C18H21FN4O2S/c19-14-5-1-3-7-16(14)23-11-9-22(10-12-23)13-18-20-15-6-2-4-8-17(15)26(24,25)21-18/h1-8,18,20-21H,9-13H2. The molecule has 26 heavy (non-hydrogen) atoms. The molecule has 2 aliphatic rings. The Labute approximate surface area is 152 Å². The number of benzene rings is 2. The molecular formula is C18H21FN4O2S. The van der Waals surface area contributed by atoms with E-state index in [1.54, 1.807) is 30.3 Å². The van der Waals surface area contributed by atoms with Crippen molar-refractivity contribution in [3.8, 4) is 0 Å². The number of para-hydroxylation sites is 2. The van der Waals surface area contributed by atoms with Crippen LogP contribution < -0.4 is 14.9 Å². The van der Waals surface area contributed by atoms with E-state index in [4.69, 9.17) is 0 Å². The summed E-state index contributed by atoms with van der Waals surface area (Å²) in [5, 5.41) is 3.25. The first kappa shape index (κ1) is 17.3. The van der Waals surface area contributed by atoms with Crippen LogP contribution in [0, 0.1) is 5.82 Å². The zero-order valence-corrected chi connectivity index (χ0v) is 15.0. The molecule has 2 aromatic rings. The van der Waals surface area contributed by atoms with E-state index in [2.05, 4.69) is 14.9 Å². The summed E-state index contributed by atoms with van der Waals surface area (Å²) in [6.45, 7) is 3.46. The zero-order valence-electron chi connectivity index (χ0n) is 14.2. The number of nitrogens with one attached hydrogen (secondary N) is 2. The summed E-state index contributed by atoms with van der Waals surface area (Å²) in [6.07, 6.45) is -0.380. The van der Waals surface area contributed by atoms with Crippen molar-refractivity contribution in [2.45, 2.75) is 11.1 Å². The first-order valence-electron chi connectivity index (χ1n) is 8.63. The van der Waals surface area contributed by atoms with Gasteiger partial charge in [-0.3, -0.25) is 4.90 Å². The van der Waals surface area contributed by atoms with Crippen molar-refractivity contribution in [2.75, 3.05) is 42.9 Å². The first-order valence-corrected chi connectivity index (χ1v) is 10.1. The Morgan fingerprint density at radius 3 is 2.46 bits per heavy atom. The summed E-state index contributed by atoms with van der Waals surface area (Å²) < 4.78 is 41.4. The van der Waals surface area contributed by atoms with Gasteiger partial charge in [-0.25, -0.2) is 12.8 Å². The maximum atomic E-state index is 13.9. The lowest BCUT2D eigenvalue weighted by Crippen LogP contribution is -2.55. The average molecular weight is 376 g/mol. The van der Waals surface area contributed by atoms with E-state index in [1.165, 1.54) is 6.07 Å². The van der Waals surface area contributed by atoms with Crippen LogP contribution in [-0.2, 0) is 10.0 Å². The summed E-state index contributed by atoms with van der Waals surface area (Å²) in [6, 6.07) is 13.7. The predicted molar refractivity (Wildman–Crippen MR) is 99.2 cm³/mol. The molecule has 0 aliphatic carbocycles. The van der Waals surface area contributed by atoms with Gasteiger partial charge in [0.1, 0.15) is 16.9 Å². The van der Waals surface area contributed by atoms with Crippen molar-refractivity contribution in [3.63, 3.8) is 0 Å². The number of hydrogen-bond donors (Lipinski definition) is 2. The van der Waals surface area contributed by atoms with Gasteiger partial charge in [-0.1, -0.05) is 24.3 Å². The van der Waals surface area contributed by atoms with Gasteiger partial charge in [0.25, 0.3) is 0 Å². The van der Waals surface area contributed by atoms with Crippen LogP contribution >= 0.6 is 0 Å². The lowest BCUT2D eigenvalue weighted by molar-refractivity contribution is 0.243. The smallest absolute Gasteiger partial charge is 0.244 e. The molecule has 2 aliphatic heterocycles. The Morgan fingerprint density at radius 2 is 1.69 bits per heavy atom. The fourth-order valence-corrected chi connectivity index (χ4v) is 4.82. The van der Waals surface area contributed by atoms with Crippen LogP contribution in [0.5, 0.6) is 0 Å². The largest absolute Gasteiger partial charge is 0.367 e. The van der Waals surface area contributed by atoms with Crippen molar-refractivity contribution < 1.29 is 12.8 Å². The van der Waals surface area contributed by atoms with Gasteiger partial charge in [0.05, 0.1) is 11.4 Å². The fourth-order valence-electron chi connectivity index (χ4n) is 3.51. The third kappa shape index (κ3) is 3.40. The molecule has 4 rings (SSSR count). The molecule has 1 atom stereocenters. The van der Waals surface area contributed by atoms with E-state index in [9.17, 15) is 12.8 Å². The van der Waals surface area contributed by atoms with Crippen LogP contribution in [0.4, 0.5) is 15.8 Å². The van der Waals surface area contributed by atoms with Gasteiger partial charge in [0.2, 0.25) is 10.0 Å². The molecule has 2 aromatic carbocycles. The van der Waals surface area contributed by atoms with E-state index in [0.717, 1.165) is 13.1 Å². The maximum Gasteiger partial charge on any atom is 0.244 e. The van der Waals surface area contributed by atoms with E-state index < -0.39 is 10.0 Å². The highest BCUT2D eigenvalue weighted by Gasteiger charge is 2.30. The monoisotopic (exact) mass is 376 g/mol. The van der Waals surface area contributed by atoms with Crippen LogP contribution in [0.1, 0.15) is 0 Å². The van der Waals surface area contributed by atoms with Crippen molar-refractivity contribution in [1.29, 1.82) is 0 Å². The van der Waals surface area contributed by atoms with Crippen molar-refractivity contribution in [1.82, 2.24) is 9.62 Å². The van der Waals surface area contributed by atoms with E-state index in [0.29, 0.717) is 31.0 Å². The number of nitrogens with zero attached hydrogens (tertiary/aromatic N) is 2. The molecule has 0 radical (unpaired) electrons. The Bertz CT molecular complexity index is 898. The minimum absolute atomic E-state index is 0.209. The van der Waals surface area contributed by atoms with Gasteiger partial charge < -0.3 is 10.2 Å². The third-order valence-corrected chi connectivity index (χ3v) is 6.34. The number of rotatable bonds is 3. The highest BCUT2D eigenvalue weighted by Crippen LogP contribution is 2.26.